The van der Waals surface area contributed by atoms with Crippen LogP contribution in [0.2, 0.25) is 0 Å². The van der Waals surface area contributed by atoms with Crippen LogP contribution in [-0.2, 0) is 9.53 Å². The highest BCUT2D eigenvalue weighted by atomic mass is 16.5. The minimum absolute atomic E-state index is 0.223. The van der Waals surface area contributed by atoms with Gasteiger partial charge in [0.25, 0.3) is 5.91 Å². The lowest BCUT2D eigenvalue weighted by Crippen LogP contribution is -2.41. The third-order valence-corrected chi connectivity index (χ3v) is 5.03. The monoisotopic (exact) mass is 430 g/mol. The minimum Gasteiger partial charge on any atom is -0.462 e. The molecule has 4 aromatic rings. The van der Waals surface area contributed by atoms with E-state index in [9.17, 15) is 14.4 Å². The van der Waals surface area contributed by atoms with Crippen LogP contribution in [0.4, 0.5) is 5.69 Å². The number of carbonyl (C=O) groups excluding carboxylic acids is 3. The van der Waals surface area contributed by atoms with Crippen molar-refractivity contribution in [2.24, 2.45) is 0 Å². The average molecular weight is 430 g/mol. The van der Waals surface area contributed by atoms with Gasteiger partial charge in [-0.25, -0.2) is 9.78 Å². The van der Waals surface area contributed by atoms with E-state index in [4.69, 9.17) is 4.74 Å². The van der Waals surface area contributed by atoms with E-state index >= 15 is 0 Å². The Balaban J connectivity index is 1.42. The van der Waals surface area contributed by atoms with Crippen molar-refractivity contribution >= 4 is 45.3 Å². The van der Waals surface area contributed by atoms with Crippen LogP contribution >= 0.6 is 0 Å². The van der Waals surface area contributed by atoms with Crippen molar-refractivity contribution in [1.29, 1.82) is 0 Å². The van der Waals surface area contributed by atoms with E-state index in [1.807, 2.05) is 24.3 Å². The molecule has 2 heterocycles. The SMILES string of the molecule is CCOC(=O)c1ccc(NC(=O)C(C)NC(=O)c2cc3c(cn2)[nH]c2ccccc23)cc1. The van der Waals surface area contributed by atoms with Crippen LogP contribution in [0, 0.1) is 0 Å². The summed E-state index contributed by atoms with van der Waals surface area (Å²) in [5.74, 6) is -1.27. The van der Waals surface area contributed by atoms with E-state index in [2.05, 4.69) is 20.6 Å². The third kappa shape index (κ3) is 4.29. The lowest BCUT2D eigenvalue weighted by molar-refractivity contribution is -0.117. The zero-order chi connectivity index (χ0) is 22.7. The number of aromatic nitrogens is 2. The molecule has 0 bridgehead atoms. The van der Waals surface area contributed by atoms with Gasteiger partial charge >= 0.3 is 5.97 Å². The van der Waals surface area contributed by atoms with Crippen LogP contribution in [0.5, 0.6) is 0 Å². The van der Waals surface area contributed by atoms with Crippen LogP contribution in [0.1, 0.15) is 34.7 Å². The molecule has 3 N–H and O–H groups in total. The zero-order valence-electron chi connectivity index (χ0n) is 17.6. The first-order valence-corrected chi connectivity index (χ1v) is 10.2. The molecule has 32 heavy (non-hydrogen) atoms. The predicted molar refractivity (Wildman–Crippen MR) is 122 cm³/mol. The highest BCUT2D eigenvalue weighted by Crippen LogP contribution is 2.25. The van der Waals surface area contributed by atoms with Gasteiger partial charge in [-0.2, -0.15) is 0 Å². The number of amides is 2. The fourth-order valence-corrected chi connectivity index (χ4v) is 3.36. The van der Waals surface area contributed by atoms with Crippen molar-refractivity contribution in [3.8, 4) is 0 Å². The van der Waals surface area contributed by atoms with Gasteiger partial charge in [-0.3, -0.25) is 9.59 Å². The van der Waals surface area contributed by atoms with Gasteiger partial charge < -0.3 is 20.4 Å². The van der Waals surface area contributed by atoms with E-state index in [1.165, 1.54) is 0 Å². The second-order valence-corrected chi connectivity index (χ2v) is 7.27. The Morgan fingerprint density at radius 2 is 1.78 bits per heavy atom. The van der Waals surface area contributed by atoms with Gasteiger partial charge in [-0.15, -0.1) is 0 Å². The summed E-state index contributed by atoms with van der Waals surface area (Å²) in [4.78, 5) is 44.4. The quantitative estimate of drug-likeness (QED) is 0.404. The summed E-state index contributed by atoms with van der Waals surface area (Å²) in [5, 5.41) is 7.27. The van der Waals surface area contributed by atoms with Crippen LogP contribution in [0.3, 0.4) is 0 Å². The minimum atomic E-state index is -0.798. The molecule has 0 aliphatic heterocycles. The van der Waals surface area contributed by atoms with Crippen molar-refractivity contribution < 1.29 is 19.1 Å². The number of hydrogen-bond donors (Lipinski definition) is 3. The number of nitrogens with zero attached hydrogens (tertiary/aromatic N) is 1. The standard InChI is InChI=1S/C24H22N4O4/c1-3-32-24(31)15-8-10-16(11-9-15)27-22(29)14(2)26-23(30)20-12-18-17-6-4-5-7-19(17)28-21(18)13-25-20/h4-14,28H,3H2,1-2H3,(H,26,30)(H,27,29). The van der Waals surface area contributed by atoms with E-state index in [-0.39, 0.29) is 12.3 Å². The fraction of sp³-hybridized carbons (Fsp3) is 0.167. The van der Waals surface area contributed by atoms with E-state index in [1.54, 1.807) is 50.4 Å². The predicted octanol–water partition coefficient (Wildman–Crippen LogP) is 3.65. The number of rotatable bonds is 6. The molecular weight excluding hydrogens is 408 g/mol. The van der Waals surface area contributed by atoms with Gasteiger partial charge in [0.15, 0.2) is 0 Å². The van der Waals surface area contributed by atoms with E-state index < -0.39 is 23.8 Å². The van der Waals surface area contributed by atoms with Crippen molar-refractivity contribution in [3.63, 3.8) is 0 Å². The Labute approximate surface area is 184 Å². The van der Waals surface area contributed by atoms with Crippen molar-refractivity contribution in [3.05, 3.63) is 72.1 Å². The lowest BCUT2D eigenvalue weighted by atomic mass is 10.1. The maximum absolute atomic E-state index is 12.7. The third-order valence-electron chi connectivity index (χ3n) is 5.03. The molecule has 0 saturated carbocycles. The first-order valence-electron chi connectivity index (χ1n) is 10.2. The largest absolute Gasteiger partial charge is 0.462 e. The maximum Gasteiger partial charge on any atom is 0.338 e. The van der Waals surface area contributed by atoms with Crippen LogP contribution in [-0.4, -0.2) is 40.4 Å². The zero-order valence-corrected chi connectivity index (χ0v) is 17.6. The molecule has 0 radical (unpaired) electrons. The van der Waals surface area contributed by atoms with Crippen LogP contribution in [0.15, 0.2) is 60.8 Å². The normalized spacial score (nSPS) is 11.8. The first kappa shape index (κ1) is 21.0. The molecule has 8 nitrogen and oxygen atoms in total. The molecule has 4 rings (SSSR count). The number of ether oxygens (including phenoxy) is 1. The molecule has 1 atom stereocenters. The second kappa shape index (κ2) is 8.89. The number of aromatic amines is 1. The Bertz CT molecular complexity index is 1310. The van der Waals surface area contributed by atoms with Gasteiger partial charge in [0.05, 0.1) is 23.9 Å². The summed E-state index contributed by atoms with van der Waals surface area (Å²) in [6.45, 7) is 3.61. The van der Waals surface area contributed by atoms with E-state index in [0.717, 1.165) is 21.8 Å². The number of benzene rings is 2. The average Bonchev–Trinajstić information content (AvgIpc) is 3.17. The molecule has 1 unspecified atom stereocenters. The topological polar surface area (TPSA) is 113 Å². The van der Waals surface area contributed by atoms with Crippen LogP contribution < -0.4 is 10.6 Å². The molecule has 2 aromatic carbocycles. The molecule has 8 heteroatoms. The van der Waals surface area contributed by atoms with Gasteiger partial charge in [-0.1, -0.05) is 18.2 Å². The van der Waals surface area contributed by atoms with Crippen molar-refractivity contribution in [2.75, 3.05) is 11.9 Å². The number of hydrogen-bond acceptors (Lipinski definition) is 5. The Morgan fingerprint density at radius 1 is 1.03 bits per heavy atom. The summed E-state index contributed by atoms with van der Waals surface area (Å²) in [6, 6.07) is 15.0. The number of para-hydroxylation sites is 1. The molecule has 0 saturated heterocycles. The molecular formula is C24H22N4O4. The smallest absolute Gasteiger partial charge is 0.338 e. The Hall–Kier alpha value is -4.20. The van der Waals surface area contributed by atoms with Crippen molar-refractivity contribution in [2.45, 2.75) is 19.9 Å². The van der Waals surface area contributed by atoms with Crippen LogP contribution in [0.25, 0.3) is 21.8 Å². The molecule has 162 valence electrons. The first-order chi connectivity index (χ1) is 15.5. The fourth-order valence-electron chi connectivity index (χ4n) is 3.36. The number of anilines is 1. The molecule has 2 aromatic heterocycles. The number of fused-ring (bicyclic) bond motifs is 3. The highest BCUT2D eigenvalue weighted by Gasteiger charge is 2.19. The summed E-state index contributed by atoms with van der Waals surface area (Å²) in [7, 11) is 0. The molecule has 2 amide bonds. The van der Waals surface area contributed by atoms with Crippen molar-refractivity contribution in [1.82, 2.24) is 15.3 Å². The summed E-state index contributed by atoms with van der Waals surface area (Å²) in [5.41, 5.74) is 2.91. The number of esters is 1. The molecule has 0 aliphatic carbocycles. The van der Waals surface area contributed by atoms with Gasteiger partial charge in [0.1, 0.15) is 11.7 Å². The lowest BCUT2D eigenvalue weighted by Gasteiger charge is -2.14. The van der Waals surface area contributed by atoms with Gasteiger partial charge in [-0.05, 0) is 50.2 Å². The number of pyridine rings is 1. The molecule has 0 aliphatic rings. The summed E-state index contributed by atoms with van der Waals surface area (Å²) in [6.07, 6.45) is 1.61. The Kier molecular flexibility index (Phi) is 5.85. The highest BCUT2D eigenvalue weighted by molar-refractivity contribution is 6.09. The van der Waals surface area contributed by atoms with Gasteiger partial charge in [0, 0.05) is 22.0 Å². The van der Waals surface area contributed by atoms with E-state index in [0.29, 0.717) is 11.3 Å². The number of H-pyrrole nitrogens is 1. The summed E-state index contributed by atoms with van der Waals surface area (Å²) >= 11 is 0. The number of nitrogens with one attached hydrogen (secondary N) is 3. The Morgan fingerprint density at radius 3 is 2.53 bits per heavy atom. The van der Waals surface area contributed by atoms with Gasteiger partial charge in [0.2, 0.25) is 5.91 Å². The molecule has 0 fully saturated rings. The summed E-state index contributed by atoms with van der Waals surface area (Å²) < 4.78 is 4.94. The maximum atomic E-state index is 12.7. The second-order valence-electron chi connectivity index (χ2n) is 7.27. The molecule has 0 spiro atoms. The number of carbonyl (C=O) groups is 3.